The van der Waals surface area contributed by atoms with E-state index in [1.807, 2.05) is 26.6 Å². The van der Waals surface area contributed by atoms with E-state index in [9.17, 15) is 9.59 Å². The van der Waals surface area contributed by atoms with Gasteiger partial charge in [0.25, 0.3) is 5.91 Å². The number of amides is 2. The number of hydrogen-bond donors (Lipinski definition) is 0. The van der Waals surface area contributed by atoms with Crippen molar-refractivity contribution in [2.75, 3.05) is 53.0 Å². The van der Waals surface area contributed by atoms with Crippen LogP contribution >= 0.6 is 11.3 Å². The lowest BCUT2D eigenvalue weighted by molar-refractivity contribution is -0.132. The van der Waals surface area contributed by atoms with Crippen LogP contribution in [0.2, 0.25) is 0 Å². The van der Waals surface area contributed by atoms with Gasteiger partial charge in [-0.05, 0) is 24.3 Å². The minimum Gasteiger partial charge on any atom is -0.383 e. The Balaban J connectivity index is 1.56. The third kappa shape index (κ3) is 3.79. The molecule has 1 unspecified atom stereocenters. The SMILES string of the molecule is COCCN1CCC(N2CCCN(C(=O)c3ccsc3)CC2)C1=O. The van der Waals surface area contributed by atoms with Crippen LogP contribution in [0, 0.1) is 0 Å². The maximum atomic E-state index is 12.6. The molecule has 0 N–H and O–H groups in total. The Morgan fingerprint density at radius 3 is 2.92 bits per heavy atom. The predicted molar refractivity (Wildman–Crippen MR) is 93.3 cm³/mol. The van der Waals surface area contributed by atoms with E-state index in [4.69, 9.17) is 4.74 Å². The summed E-state index contributed by atoms with van der Waals surface area (Å²) in [6, 6.07) is 1.85. The minimum atomic E-state index is -0.0296. The highest BCUT2D eigenvalue weighted by atomic mass is 32.1. The van der Waals surface area contributed by atoms with Crippen LogP contribution in [0.3, 0.4) is 0 Å². The monoisotopic (exact) mass is 351 g/mol. The molecule has 3 rings (SSSR count). The maximum absolute atomic E-state index is 12.6. The second-order valence-electron chi connectivity index (χ2n) is 6.32. The van der Waals surface area contributed by atoms with Crippen molar-refractivity contribution in [1.82, 2.24) is 14.7 Å². The van der Waals surface area contributed by atoms with Gasteiger partial charge in [0.2, 0.25) is 5.91 Å². The first-order chi connectivity index (χ1) is 11.7. The second-order valence-corrected chi connectivity index (χ2v) is 7.10. The van der Waals surface area contributed by atoms with Crippen LogP contribution in [0.4, 0.5) is 0 Å². The zero-order valence-corrected chi connectivity index (χ0v) is 15.0. The lowest BCUT2D eigenvalue weighted by Gasteiger charge is -2.26. The van der Waals surface area contributed by atoms with Crippen LogP contribution in [-0.2, 0) is 9.53 Å². The lowest BCUT2D eigenvalue weighted by atomic mass is 10.2. The number of thiophene rings is 1. The zero-order chi connectivity index (χ0) is 16.9. The molecule has 2 aliphatic heterocycles. The molecular formula is C17H25N3O3S. The van der Waals surface area contributed by atoms with Crippen molar-refractivity contribution in [1.29, 1.82) is 0 Å². The number of carbonyl (C=O) groups is 2. The van der Waals surface area contributed by atoms with Crippen LogP contribution < -0.4 is 0 Å². The molecule has 1 atom stereocenters. The van der Waals surface area contributed by atoms with Gasteiger partial charge >= 0.3 is 0 Å². The summed E-state index contributed by atoms with van der Waals surface area (Å²) in [4.78, 5) is 31.2. The van der Waals surface area contributed by atoms with Gasteiger partial charge in [-0.15, -0.1) is 0 Å². The second kappa shape index (κ2) is 8.09. The first-order valence-corrected chi connectivity index (χ1v) is 9.48. The van der Waals surface area contributed by atoms with Gasteiger partial charge in [0.05, 0.1) is 18.2 Å². The van der Waals surface area contributed by atoms with E-state index in [0.717, 1.165) is 44.6 Å². The molecule has 132 valence electrons. The maximum Gasteiger partial charge on any atom is 0.254 e. The molecule has 0 aliphatic carbocycles. The molecule has 6 nitrogen and oxygen atoms in total. The van der Waals surface area contributed by atoms with Crippen molar-refractivity contribution >= 4 is 23.2 Å². The molecule has 1 aromatic rings. The average Bonchev–Trinajstić information content (AvgIpc) is 3.17. The molecule has 0 aromatic carbocycles. The summed E-state index contributed by atoms with van der Waals surface area (Å²) >= 11 is 1.55. The average molecular weight is 351 g/mol. The Kier molecular flexibility index (Phi) is 5.86. The largest absolute Gasteiger partial charge is 0.383 e. The quantitative estimate of drug-likeness (QED) is 0.798. The third-order valence-corrected chi connectivity index (χ3v) is 5.54. The van der Waals surface area contributed by atoms with Crippen LogP contribution in [0.25, 0.3) is 0 Å². The highest BCUT2D eigenvalue weighted by molar-refractivity contribution is 7.08. The highest BCUT2D eigenvalue weighted by Crippen LogP contribution is 2.20. The van der Waals surface area contributed by atoms with Crippen LogP contribution in [0.1, 0.15) is 23.2 Å². The van der Waals surface area contributed by atoms with E-state index in [-0.39, 0.29) is 17.9 Å². The number of nitrogens with zero attached hydrogens (tertiary/aromatic N) is 3. The fourth-order valence-electron chi connectivity index (χ4n) is 3.51. The molecule has 7 heteroatoms. The molecule has 24 heavy (non-hydrogen) atoms. The van der Waals surface area contributed by atoms with Crippen molar-refractivity contribution in [3.63, 3.8) is 0 Å². The third-order valence-electron chi connectivity index (χ3n) is 4.86. The smallest absolute Gasteiger partial charge is 0.254 e. The summed E-state index contributed by atoms with van der Waals surface area (Å²) in [6.07, 6.45) is 1.79. The van der Waals surface area contributed by atoms with Crippen molar-refractivity contribution in [3.05, 3.63) is 22.4 Å². The number of rotatable bonds is 5. The molecule has 2 saturated heterocycles. The summed E-state index contributed by atoms with van der Waals surface area (Å²) in [5.41, 5.74) is 0.774. The van der Waals surface area contributed by atoms with Crippen molar-refractivity contribution in [2.45, 2.75) is 18.9 Å². The van der Waals surface area contributed by atoms with Crippen molar-refractivity contribution < 1.29 is 14.3 Å². The fourth-order valence-corrected chi connectivity index (χ4v) is 4.14. The number of likely N-dealkylation sites (tertiary alicyclic amines) is 1. The molecule has 0 radical (unpaired) electrons. The van der Waals surface area contributed by atoms with E-state index in [1.165, 1.54) is 0 Å². The molecule has 1 aromatic heterocycles. The molecule has 0 spiro atoms. The molecule has 2 amide bonds. The number of methoxy groups -OCH3 is 1. The first kappa shape index (κ1) is 17.4. The summed E-state index contributed by atoms with van der Waals surface area (Å²) < 4.78 is 5.08. The Morgan fingerprint density at radius 2 is 2.17 bits per heavy atom. The zero-order valence-electron chi connectivity index (χ0n) is 14.1. The minimum absolute atomic E-state index is 0.0296. The van der Waals surface area contributed by atoms with Gasteiger partial charge in [-0.1, -0.05) is 0 Å². The van der Waals surface area contributed by atoms with Gasteiger partial charge in [0.15, 0.2) is 0 Å². The first-order valence-electron chi connectivity index (χ1n) is 8.54. The van der Waals surface area contributed by atoms with Crippen molar-refractivity contribution in [2.24, 2.45) is 0 Å². The molecule has 0 bridgehead atoms. The summed E-state index contributed by atoms with van der Waals surface area (Å²) in [7, 11) is 1.66. The van der Waals surface area contributed by atoms with E-state index in [2.05, 4.69) is 4.90 Å². The standard InChI is InChI=1S/C17H25N3O3S/c1-23-11-10-20-7-3-15(17(20)22)18-5-2-6-19(9-8-18)16(21)14-4-12-24-13-14/h4,12-13,15H,2-3,5-11H2,1H3. The molecule has 3 heterocycles. The number of carbonyl (C=O) groups excluding carboxylic acids is 2. The van der Waals surface area contributed by atoms with E-state index < -0.39 is 0 Å². The summed E-state index contributed by atoms with van der Waals surface area (Å²) in [5, 5.41) is 3.84. The topological polar surface area (TPSA) is 53.1 Å². The fraction of sp³-hybridized carbons (Fsp3) is 0.647. The molecule has 2 aliphatic rings. The molecular weight excluding hydrogens is 326 g/mol. The normalized spacial score (nSPS) is 22.9. The van der Waals surface area contributed by atoms with E-state index in [0.29, 0.717) is 19.7 Å². The van der Waals surface area contributed by atoms with Crippen LogP contribution in [-0.4, -0.2) is 85.5 Å². The van der Waals surface area contributed by atoms with Crippen LogP contribution in [0.15, 0.2) is 16.8 Å². The Bertz CT molecular complexity index is 563. The highest BCUT2D eigenvalue weighted by Gasteiger charge is 2.36. The van der Waals surface area contributed by atoms with Gasteiger partial charge in [-0.25, -0.2) is 0 Å². The van der Waals surface area contributed by atoms with Crippen LogP contribution in [0.5, 0.6) is 0 Å². The van der Waals surface area contributed by atoms with Gasteiger partial charge in [0.1, 0.15) is 0 Å². The van der Waals surface area contributed by atoms with E-state index >= 15 is 0 Å². The Hall–Kier alpha value is -1.44. The van der Waals surface area contributed by atoms with Crippen molar-refractivity contribution in [3.8, 4) is 0 Å². The van der Waals surface area contributed by atoms with Gasteiger partial charge in [-0.3, -0.25) is 14.5 Å². The Morgan fingerprint density at radius 1 is 1.29 bits per heavy atom. The summed E-state index contributed by atoms with van der Waals surface area (Å²) in [6.45, 7) is 5.16. The van der Waals surface area contributed by atoms with E-state index in [1.54, 1.807) is 18.4 Å². The van der Waals surface area contributed by atoms with Gasteiger partial charge in [-0.2, -0.15) is 11.3 Å². The molecule has 2 fully saturated rings. The Labute approximate surface area is 147 Å². The van der Waals surface area contributed by atoms with Gasteiger partial charge in [0, 0.05) is 51.8 Å². The molecule has 0 saturated carbocycles. The van der Waals surface area contributed by atoms with Gasteiger partial charge < -0.3 is 14.5 Å². The number of ether oxygens (including phenoxy) is 1. The predicted octanol–water partition coefficient (Wildman–Crippen LogP) is 1.14. The lowest BCUT2D eigenvalue weighted by Crippen LogP contribution is -2.44. The summed E-state index contributed by atoms with van der Waals surface area (Å²) in [5.74, 6) is 0.322. The number of hydrogen-bond acceptors (Lipinski definition) is 5.